The predicted octanol–water partition coefficient (Wildman–Crippen LogP) is 3.31. The number of hydrogen-bond donors (Lipinski definition) is 1. The minimum Gasteiger partial charge on any atom is -0.394 e. The molecule has 0 radical (unpaired) electrons. The summed E-state index contributed by atoms with van der Waals surface area (Å²) in [4.78, 5) is 4.22. The van der Waals surface area contributed by atoms with Crippen LogP contribution >= 0.6 is 0 Å². The molecule has 1 aromatic carbocycles. The number of halogens is 3. The summed E-state index contributed by atoms with van der Waals surface area (Å²) in [6, 6.07) is 6.81. The second-order valence-electron chi connectivity index (χ2n) is 4.62. The maximum atomic E-state index is 13.1. The third-order valence-corrected chi connectivity index (χ3v) is 3.21. The van der Waals surface area contributed by atoms with Gasteiger partial charge in [-0.05, 0) is 19.1 Å². The van der Waals surface area contributed by atoms with Crippen LogP contribution in [0.15, 0.2) is 36.5 Å². The van der Waals surface area contributed by atoms with Crippen molar-refractivity contribution in [1.82, 2.24) is 14.6 Å². The highest BCUT2D eigenvalue weighted by Crippen LogP contribution is 2.36. The second kappa shape index (κ2) is 4.47. The fourth-order valence-corrected chi connectivity index (χ4v) is 2.16. The number of alkyl halides is 3. The summed E-state index contributed by atoms with van der Waals surface area (Å²) in [5, 5.41) is 4.13. The first-order valence-electron chi connectivity index (χ1n) is 6.16. The van der Waals surface area contributed by atoms with E-state index in [0.717, 1.165) is 6.07 Å². The molecule has 2 N–H and O–H groups in total. The van der Waals surface area contributed by atoms with Gasteiger partial charge in [0, 0.05) is 11.8 Å². The van der Waals surface area contributed by atoms with Gasteiger partial charge in [-0.25, -0.2) is 9.50 Å². The molecule has 2 aromatic heterocycles. The monoisotopic (exact) mass is 292 g/mol. The van der Waals surface area contributed by atoms with Crippen molar-refractivity contribution in [3.05, 3.63) is 47.8 Å². The van der Waals surface area contributed by atoms with Crippen LogP contribution in [0.25, 0.3) is 16.9 Å². The molecule has 108 valence electrons. The highest BCUT2D eigenvalue weighted by atomic mass is 19.4. The standard InChI is InChI=1S/C14H11F3N4/c1-8-12(18)13-19-11(6-7-21(13)20-8)9-4-2-3-5-10(9)14(15,16)17/h2-7H,18H2,1H3. The Morgan fingerprint density at radius 2 is 1.86 bits per heavy atom. The van der Waals surface area contributed by atoms with Crippen molar-refractivity contribution in [2.45, 2.75) is 13.1 Å². The molecule has 0 saturated heterocycles. The quantitative estimate of drug-likeness (QED) is 0.748. The predicted molar refractivity (Wildman–Crippen MR) is 72.6 cm³/mol. The minimum absolute atomic E-state index is 0.0192. The van der Waals surface area contributed by atoms with Gasteiger partial charge in [-0.15, -0.1) is 0 Å². The molecule has 0 aliphatic rings. The molecule has 0 aliphatic carbocycles. The summed E-state index contributed by atoms with van der Waals surface area (Å²) in [5.74, 6) is 0. The third-order valence-electron chi connectivity index (χ3n) is 3.21. The summed E-state index contributed by atoms with van der Waals surface area (Å²) in [5.41, 5.74) is 6.64. The molecule has 3 aromatic rings. The Kier molecular flexibility index (Phi) is 2.86. The average molecular weight is 292 g/mol. The van der Waals surface area contributed by atoms with E-state index >= 15 is 0 Å². The molecule has 3 rings (SSSR count). The van der Waals surface area contributed by atoms with Crippen LogP contribution in [-0.4, -0.2) is 14.6 Å². The average Bonchev–Trinajstić information content (AvgIpc) is 2.73. The van der Waals surface area contributed by atoms with Gasteiger partial charge in [0.15, 0.2) is 5.65 Å². The molecule has 0 fully saturated rings. The number of nitrogens with two attached hydrogens (primary N) is 1. The van der Waals surface area contributed by atoms with E-state index in [1.54, 1.807) is 19.2 Å². The normalized spacial score (nSPS) is 12.0. The number of hydrogen-bond acceptors (Lipinski definition) is 3. The molecule has 4 nitrogen and oxygen atoms in total. The van der Waals surface area contributed by atoms with Crippen molar-refractivity contribution in [1.29, 1.82) is 0 Å². The van der Waals surface area contributed by atoms with Gasteiger partial charge in [0.1, 0.15) is 5.69 Å². The van der Waals surface area contributed by atoms with E-state index < -0.39 is 11.7 Å². The summed E-state index contributed by atoms with van der Waals surface area (Å²) in [6.07, 6.45) is -2.89. The van der Waals surface area contributed by atoms with Crippen molar-refractivity contribution in [2.24, 2.45) is 0 Å². The summed E-state index contributed by atoms with van der Waals surface area (Å²) >= 11 is 0. The molecule has 0 spiro atoms. The van der Waals surface area contributed by atoms with Gasteiger partial charge in [0.25, 0.3) is 0 Å². The van der Waals surface area contributed by atoms with Crippen LogP contribution < -0.4 is 5.73 Å². The van der Waals surface area contributed by atoms with E-state index in [1.807, 2.05) is 0 Å². The lowest BCUT2D eigenvalue weighted by Crippen LogP contribution is -2.07. The highest BCUT2D eigenvalue weighted by Gasteiger charge is 2.33. The van der Waals surface area contributed by atoms with Gasteiger partial charge >= 0.3 is 6.18 Å². The zero-order valence-electron chi connectivity index (χ0n) is 11.0. The van der Waals surface area contributed by atoms with Crippen LogP contribution in [0, 0.1) is 6.92 Å². The molecule has 2 heterocycles. The van der Waals surface area contributed by atoms with Crippen LogP contribution in [0.4, 0.5) is 18.9 Å². The molecule has 21 heavy (non-hydrogen) atoms. The van der Waals surface area contributed by atoms with Crippen molar-refractivity contribution in [3.8, 4) is 11.3 Å². The van der Waals surface area contributed by atoms with Gasteiger partial charge in [-0.1, -0.05) is 18.2 Å². The molecule has 0 bridgehead atoms. The molecule has 7 heteroatoms. The van der Waals surface area contributed by atoms with E-state index in [1.165, 1.54) is 22.7 Å². The molecule has 0 saturated carbocycles. The largest absolute Gasteiger partial charge is 0.417 e. The summed E-state index contributed by atoms with van der Waals surface area (Å²) < 4.78 is 40.6. The number of aromatic nitrogens is 3. The Morgan fingerprint density at radius 1 is 1.14 bits per heavy atom. The third kappa shape index (κ3) is 2.20. The number of nitrogen functional groups attached to an aromatic ring is 1. The zero-order chi connectivity index (χ0) is 15.2. The molecular formula is C14H11F3N4. The number of benzene rings is 1. The molecule has 0 atom stereocenters. The smallest absolute Gasteiger partial charge is 0.394 e. The maximum Gasteiger partial charge on any atom is 0.417 e. The van der Waals surface area contributed by atoms with Crippen LogP contribution in [-0.2, 0) is 6.18 Å². The van der Waals surface area contributed by atoms with Crippen LogP contribution in [0.1, 0.15) is 11.3 Å². The van der Waals surface area contributed by atoms with Crippen molar-refractivity contribution in [2.75, 3.05) is 5.73 Å². The summed E-state index contributed by atoms with van der Waals surface area (Å²) in [7, 11) is 0. The fraction of sp³-hybridized carbons (Fsp3) is 0.143. The maximum absolute atomic E-state index is 13.1. The van der Waals surface area contributed by atoms with Crippen molar-refractivity contribution in [3.63, 3.8) is 0 Å². The first kappa shape index (κ1) is 13.4. The number of rotatable bonds is 1. The lowest BCUT2D eigenvalue weighted by molar-refractivity contribution is -0.137. The molecule has 0 unspecified atom stereocenters. The number of fused-ring (bicyclic) bond motifs is 1. The van der Waals surface area contributed by atoms with E-state index in [0.29, 0.717) is 17.0 Å². The first-order valence-corrected chi connectivity index (χ1v) is 6.16. The van der Waals surface area contributed by atoms with Gasteiger partial charge < -0.3 is 5.73 Å². The zero-order valence-corrected chi connectivity index (χ0v) is 11.0. The Labute approximate surface area is 118 Å². The first-order chi connectivity index (χ1) is 9.88. The van der Waals surface area contributed by atoms with E-state index in [-0.39, 0.29) is 11.3 Å². The second-order valence-corrected chi connectivity index (χ2v) is 4.62. The Morgan fingerprint density at radius 3 is 2.57 bits per heavy atom. The SMILES string of the molecule is Cc1nn2ccc(-c3ccccc3C(F)(F)F)nc2c1N. The van der Waals surface area contributed by atoms with Gasteiger partial charge in [-0.3, -0.25) is 0 Å². The number of aryl methyl sites for hydroxylation is 1. The Bertz CT molecular complexity index is 821. The van der Waals surface area contributed by atoms with E-state index in [4.69, 9.17) is 5.73 Å². The van der Waals surface area contributed by atoms with Gasteiger partial charge in [0.2, 0.25) is 0 Å². The van der Waals surface area contributed by atoms with Crippen molar-refractivity contribution < 1.29 is 13.2 Å². The molecule has 0 aliphatic heterocycles. The molecular weight excluding hydrogens is 281 g/mol. The van der Waals surface area contributed by atoms with Gasteiger partial charge in [0.05, 0.1) is 17.0 Å². The fourth-order valence-electron chi connectivity index (χ4n) is 2.16. The summed E-state index contributed by atoms with van der Waals surface area (Å²) in [6.45, 7) is 1.72. The Balaban J connectivity index is 2.24. The van der Waals surface area contributed by atoms with Crippen molar-refractivity contribution >= 4 is 11.3 Å². The Hall–Kier alpha value is -2.57. The topological polar surface area (TPSA) is 56.2 Å². The highest BCUT2D eigenvalue weighted by molar-refractivity contribution is 5.72. The van der Waals surface area contributed by atoms with Gasteiger partial charge in [-0.2, -0.15) is 18.3 Å². The van der Waals surface area contributed by atoms with Crippen LogP contribution in [0.5, 0.6) is 0 Å². The van der Waals surface area contributed by atoms with E-state index in [9.17, 15) is 13.2 Å². The van der Waals surface area contributed by atoms with Crippen LogP contribution in [0.2, 0.25) is 0 Å². The minimum atomic E-state index is -4.44. The number of anilines is 1. The lowest BCUT2D eigenvalue weighted by atomic mass is 10.0. The lowest BCUT2D eigenvalue weighted by Gasteiger charge is -2.12. The van der Waals surface area contributed by atoms with E-state index in [2.05, 4.69) is 10.1 Å². The number of nitrogens with zero attached hydrogens (tertiary/aromatic N) is 3. The van der Waals surface area contributed by atoms with Crippen LogP contribution in [0.3, 0.4) is 0 Å². The molecule has 0 amide bonds.